The summed E-state index contributed by atoms with van der Waals surface area (Å²) in [5.41, 5.74) is 5.43. The Hall–Kier alpha value is -0.806. The number of aromatic nitrogens is 2. The Morgan fingerprint density at radius 3 is 1.17 bits per heavy atom. The molecule has 0 aliphatic carbocycles. The zero-order valence-electron chi connectivity index (χ0n) is 16.0. The molecule has 0 aliphatic heterocycles. The third kappa shape index (κ3) is 2.76. The van der Waals surface area contributed by atoms with Crippen LogP contribution in [0.25, 0.3) is 0 Å². The van der Waals surface area contributed by atoms with Crippen LogP contribution in [0.2, 0.25) is 0 Å². The summed E-state index contributed by atoms with van der Waals surface area (Å²) in [4.78, 5) is 0. The van der Waals surface area contributed by atoms with E-state index >= 15 is 0 Å². The summed E-state index contributed by atoms with van der Waals surface area (Å²) in [5.74, 6) is 0. The molecular weight excluding hydrogens is 320 g/mol. The molecule has 0 saturated carbocycles. The van der Waals surface area contributed by atoms with Crippen LogP contribution in [0.3, 0.4) is 0 Å². The molecule has 0 saturated heterocycles. The predicted octanol–water partition coefficient (Wildman–Crippen LogP) is 3.64. The fraction of sp³-hybridized carbons (Fsp3) is 0.556. The predicted molar refractivity (Wildman–Crippen MR) is 95.2 cm³/mol. The zero-order valence-corrected chi connectivity index (χ0v) is 17.6. The van der Waals surface area contributed by atoms with Crippen molar-refractivity contribution in [2.75, 3.05) is 27.2 Å². The van der Waals surface area contributed by atoms with Crippen molar-refractivity contribution in [1.29, 1.82) is 0 Å². The van der Waals surface area contributed by atoms with Crippen LogP contribution in [0.4, 0.5) is 0 Å². The Morgan fingerprint density at radius 2 is 0.957 bits per heavy atom. The van der Waals surface area contributed by atoms with Gasteiger partial charge in [0.2, 0.25) is 0 Å². The molecule has 4 nitrogen and oxygen atoms in total. The van der Waals surface area contributed by atoms with Crippen molar-refractivity contribution in [3.8, 4) is 0 Å². The second-order valence-corrected chi connectivity index (χ2v) is 12.2. The average Bonchev–Trinajstić information content (AvgIpc) is 3.04. The van der Waals surface area contributed by atoms with Crippen LogP contribution in [-0.2, 0) is 17.6 Å². The van der Waals surface area contributed by atoms with Gasteiger partial charge >= 0.3 is 146 Å². The monoisotopic (exact) mass is 352 g/mol. The van der Waals surface area contributed by atoms with E-state index in [1.54, 1.807) is 0 Å². The minimum atomic E-state index is -3.01. The maximum atomic E-state index is 2.65. The summed E-state index contributed by atoms with van der Waals surface area (Å²) >= 11 is -3.01. The molecule has 0 aromatic carbocycles. The van der Waals surface area contributed by atoms with Crippen LogP contribution < -0.4 is 0 Å². The van der Waals surface area contributed by atoms with Gasteiger partial charge in [-0.3, -0.25) is 0 Å². The molecule has 2 heterocycles. The molecule has 0 bridgehead atoms. The van der Waals surface area contributed by atoms with Gasteiger partial charge in [-0.05, 0) is 0 Å². The van der Waals surface area contributed by atoms with Crippen molar-refractivity contribution in [2.45, 2.75) is 41.5 Å². The van der Waals surface area contributed by atoms with Crippen molar-refractivity contribution in [2.24, 2.45) is 0 Å². The van der Waals surface area contributed by atoms with Gasteiger partial charge in [0.15, 0.2) is 0 Å². The van der Waals surface area contributed by atoms with Gasteiger partial charge in [-0.25, -0.2) is 0 Å². The summed E-state index contributed by atoms with van der Waals surface area (Å²) in [6.07, 6.45) is 0. The number of aryl methyl sites for hydroxylation is 4. The van der Waals surface area contributed by atoms with E-state index in [0.717, 1.165) is 13.1 Å². The van der Waals surface area contributed by atoms with E-state index in [1.807, 2.05) is 0 Å². The van der Waals surface area contributed by atoms with Crippen LogP contribution in [0, 0.1) is 27.7 Å². The van der Waals surface area contributed by atoms with Crippen LogP contribution in [0.1, 0.15) is 36.6 Å². The molecule has 0 N–H and O–H groups in total. The van der Waals surface area contributed by atoms with E-state index in [0.29, 0.717) is 0 Å². The fourth-order valence-electron chi connectivity index (χ4n) is 3.78. The summed E-state index contributed by atoms with van der Waals surface area (Å²) < 4.78 is 10.5. The summed E-state index contributed by atoms with van der Waals surface area (Å²) in [6, 6.07) is 9.04. The molecule has 2 aromatic heterocycles. The quantitative estimate of drug-likeness (QED) is 0.738. The summed E-state index contributed by atoms with van der Waals surface area (Å²) in [6.45, 7) is 15.6. The molecule has 0 atom stereocenters. The third-order valence-corrected chi connectivity index (χ3v) is 13.4. The third-order valence-electron chi connectivity index (χ3n) is 5.12. The molecule has 0 unspecified atom stereocenters. The van der Waals surface area contributed by atoms with Gasteiger partial charge in [-0.1, -0.05) is 0 Å². The van der Waals surface area contributed by atoms with E-state index in [4.69, 9.17) is 0 Å². The summed E-state index contributed by atoms with van der Waals surface area (Å²) in [7, 11) is 4.59. The van der Waals surface area contributed by atoms with Crippen molar-refractivity contribution in [3.05, 3.63) is 47.0 Å². The zero-order chi connectivity index (χ0) is 17.4. The molecular formula is C18H32N4Ti. The summed E-state index contributed by atoms with van der Waals surface area (Å²) in [5, 5.41) is 0. The molecule has 0 spiro atoms. The van der Waals surface area contributed by atoms with Crippen molar-refractivity contribution in [1.82, 2.24) is 12.9 Å². The minimum absolute atomic E-state index is 1.04. The molecule has 2 rings (SSSR count). The molecule has 0 radical (unpaired) electrons. The van der Waals surface area contributed by atoms with E-state index < -0.39 is 17.6 Å². The normalized spacial score (nSPS) is 12.6. The number of hydrogen-bond acceptors (Lipinski definition) is 2. The van der Waals surface area contributed by atoms with Gasteiger partial charge in [-0.15, -0.1) is 0 Å². The molecule has 0 amide bonds. The maximum absolute atomic E-state index is 3.01. The van der Waals surface area contributed by atoms with E-state index in [9.17, 15) is 0 Å². The first-order valence-electron chi connectivity index (χ1n) is 8.55. The van der Waals surface area contributed by atoms with Gasteiger partial charge in [0.25, 0.3) is 0 Å². The Bertz CT molecular complexity index is 573. The SMILES string of the molecule is CC[N](C)[Ti]([N](C)CC)([n]1c(C)ccc1C)[n]1c(C)ccc1C. The first-order valence-corrected chi connectivity index (χ1v) is 11.3. The van der Waals surface area contributed by atoms with E-state index in [1.165, 1.54) is 22.8 Å². The first-order chi connectivity index (χ1) is 10.8. The van der Waals surface area contributed by atoms with Crippen molar-refractivity contribution in [3.63, 3.8) is 0 Å². The van der Waals surface area contributed by atoms with Gasteiger partial charge < -0.3 is 0 Å². The van der Waals surface area contributed by atoms with Crippen LogP contribution in [0.15, 0.2) is 24.3 Å². The molecule has 2 aromatic rings. The van der Waals surface area contributed by atoms with Gasteiger partial charge in [0, 0.05) is 0 Å². The standard InChI is InChI=1S/2C6H8N.2C3H8N.Ti/c2*1-5-3-4-6(2)7-5;2*1-3-4-2;/h2*3-4H,1-2H3;2*3H2,1-2H3;/q4*-1;+4. The van der Waals surface area contributed by atoms with Crippen molar-refractivity contribution >= 4 is 0 Å². The number of nitrogens with zero attached hydrogens (tertiary/aromatic N) is 4. The molecule has 23 heavy (non-hydrogen) atoms. The van der Waals surface area contributed by atoms with E-state index in [2.05, 4.69) is 92.8 Å². The Labute approximate surface area is 146 Å². The van der Waals surface area contributed by atoms with Crippen LogP contribution in [-0.4, -0.2) is 40.0 Å². The van der Waals surface area contributed by atoms with Gasteiger partial charge in [-0.2, -0.15) is 0 Å². The Morgan fingerprint density at radius 1 is 0.696 bits per heavy atom. The van der Waals surface area contributed by atoms with E-state index in [-0.39, 0.29) is 0 Å². The van der Waals surface area contributed by atoms with Gasteiger partial charge in [0.1, 0.15) is 0 Å². The van der Waals surface area contributed by atoms with Crippen LogP contribution in [0.5, 0.6) is 0 Å². The molecule has 0 fully saturated rings. The molecule has 0 aliphatic rings. The Kier molecular flexibility index (Phi) is 5.62. The topological polar surface area (TPSA) is 16.3 Å². The second kappa shape index (κ2) is 6.98. The average molecular weight is 352 g/mol. The first kappa shape index (κ1) is 18.5. The van der Waals surface area contributed by atoms with Crippen LogP contribution >= 0.6 is 0 Å². The van der Waals surface area contributed by atoms with Crippen molar-refractivity contribution < 1.29 is 17.6 Å². The number of hydrogen-bond donors (Lipinski definition) is 0. The Balaban J connectivity index is 2.93. The van der Waals surface area contributed by atoms with Gasteiger partial charge in [0.05, 0.1) is 0 Å². The molecule has 128 valence electrons. The number of rotatable bonds is 6. The molecule has 5 heteroatoms. The fourth-order valence-corrected chi connectivity index (χ4v) is 11.9. The second-order valence-electron chi connectivity index (χ2n) is 6.53.